The number of alkyl halides is 3. The fourth-order valence-electron chi connectivity index (χ4n) is 3.61. The lowest BCUT2D eigenvalue weighted by Crippen LogP contribution is -2.23. The fourth-order valence-corrected chi connectivity index (χ4v) is 3.61. The minimum absolute atomic E-state index is 0.199. The molecule has 1 fully saturated rings. The smallest absolute Gasteiger partial charge is 0.376 e. The van der Waals surface area contributed by atoms with Gasteiger partial charge in [-0.3, -0.25) is 4.98 Å². The van der Waals surface area contributed by atoms with Gasteiger partial charge in [0.25, 0.3) is 0 Å². The minimum Gasteiger partial charge on any atom is -0.376 e. The van der Waals surface area contributed by atoms with Crippen LogP contribution < -0.4 is 10.6 Å². The van der Waals surface area contributed by atoms with Gasteiger partial charge in [0, 0.05) is 12.7 Å². The highest BCUT2D eigenvalue weighted by molar-refractivity contribution is 6.00. The van der Waals surface area contributed by atoms with Crippen molar-refractivity contribution in [2.45, 2.75) is 32.0 Å². The number of nitriles is 1. The van der Waals surface area contributed by atoms with Crippen molar-refractivity contribution in [3.05, 3.63) is 53.2 Å². The molecular formula is C21H19F3N8O2. The maximum absolute atomic E-state index is 13.6. The molecule has 3 aromatic rings. The Kier molecular flexibility index (Phi) is 6.16. The number of nitrogens with one attached hydrogen (secondary N) is 2. The molecule has 1 aliphatic carbocycles. The topological polar surface area (TPSA) is 131 Å². The second kappa shape index (κ2) is 9.06. The van der Waals surface area contributed by atoms with Crippen LogP contribution in [0.2, 0.25) is 0 Å². The van der Waals surface area contributed by atoms with Gasteiger partial charge >= 0.3 is 12.2 Å². The Morgan fingerprint density at radius 1 is 1.24 bits per heavy atom. The van der Waals surface area contributed by atoms with Gasteiger partial charge in [-0.2, -0.15) is 28.6 Å². The van der Waals surface area contributed by atoms with E-state index in [4.69, 9.17) is 4.74 Å². The summed E-state index contributed by atoms with van der Waals surface area (Å²) in [6.45, 7) is 1.67. The van der Waals surface area contributed by atoms with Crippen molar-refractivity contribution in [3.63, 3.8) is 0 Å². The summed E-state index contributed by atoms with van der Waals surface area (Å²) in [5.74, 6) is -0.330. The number of carbonyl (C=O) groups excluding carboxylic acids is 1. The molecule has 0 aromatic carbocycles. The maximum Gasteiger partial charge on any atom is 0.420 e. The predicted octanol–water partition coefficient (Wildman–Crippen LogP) is 4.00. The van der Waals surface area contributed by atoms with E-state index >= 15 is 0 Å². The molecule has 1 atom stereocenters. The van der Waals surface area contributed by atoms with Crippen molar-refractivity contribution < 1.29 is 22.7 Å². The van der Waals surface area contributed by atoms with Crippen molar-refractivity contribution >= 4 is 17.4 Å². The molecule has 1 unspecified atom stereocenters. The fraction of sp³-hybridized carbons (Fsp3) is 0.333. The summed E-state index contributed by atoms with van der Waals surface area (Å²) in [6.07, 6.45) is 1.54. The lowest BCUT2D eigenvalue weighted by molar-refractivity contribution is -0.137. The molecule has 34 heavy (non-hydrogen) atoms. The van der Waals surface area contributed by atoms with Crippen LogP contribution in [0.15, 0.2) is 30.9 Å². The number of aryl methyl sites for hydroxylation is 1. The average Bonchev–Trinajstić information content (AvgIpc) is 3.47. The zero-order chi connectivity index (χ0) is 24.5. The van der Waals surface area contributed by atoms with Gasteiger partial charge in [-0.05, 0) is 31.7 Å². The van der Waals surface area contributed by atoms with Crippen LogP contribution in [-0.2, 0) is 10.9 Å². The zero-order valence-electron chi connectivity index (χ0n) is 18.1. The van der Waals surface area contributed by atoms with Gasteiger partial charge in [-0.25, -0.2) is 9.78 Å². The van der Waals surface area contributed by atoms with Crippen molar-refractivity contribution in [1.82, 2.24) is 25.0 Å². The average molecular weight is 472 g/mol. The first-order chi connectivity index (χ1) is 16.2. The van der Waals surface area contributed by atoms with Gasteiger partial charge in [0.15, 0.2) is 5.82 Å². The van der Waals surface area contributed by atoms with Gasteiger partial charge < -0.3 is 15.4 Å². The molecule has 10 nitrogen and oxygen atoms in total. The first-order valence-electron chi connectivity index (χ1n) is 10.2. The van der Waals surface area contributed by atoms with Crippen LogP contribution in [0.3, 0.4) is 0 Å². The molecule has 1 aliphatic rings. The lowest BCUT2D eigenvalue weighted by Gasteiger charge is -2.21. The number of aromatic nitrogens is 5. The molecule has 0 radical (unpaired) electrons. The lowest BCUT2D eigenvalue weighted by atomic mass is 9.97. The highest BCUT2D eigenvalue weighted by atomic mass is 19.4. The number of ether oxygens (including phenoxy) is 1. The highest BCUT2D eigenvalue weighted by Gasteiger charge is 2.37. The number of pyridine rings is 2. The predicted molar refractivity (Wildman–Crippen MR) is 113 cm³/mol. The van der Waals surface area contributed by atoms with Crippen molar-refractivity contribution in [2.24, 2.45) is 5.92 Å². The molecule has 0 aliphatic heterocycles. The van der Waals surface area contributed by atoms with Crippen LogP contribution in [0, 0.1) is 24.2 Å². The van der Waals surface area contributed by atoms with E-state index in [0.717, 1.165) is 29.9 Å². The molecular weight excluding hydrogens is 453 g/mol. The number of amides is 2. The Hall–Kier alpha value is -4.05. The monoisotopic (exact) mass is 472 g/mol. The normalized spacial score (nSPS) is 14.4. The Morgan fingerprint density at radius 3 is 2.53 bits per heavy atom. The first kappa shape index (κ1) is 23.1. The van der Waals surface area contributed by atoms with E-state index in [0.29, 0.717) is 11.3 Å². The number of hydrogen-bond donors (Lipinski definition) is 2. The summed E-state index contributed by atoms with van der Waals surface area (Å²) in [5.41, 5.74) is 0.165. The molecule has 0 saturated heterocycles. The number of hydrogen-bond acceptors (Lipinski definition) is 7. The standard InChI is InChI=1S/C21H19F3N8O2/c1-11-14(8-25)17(18(34-2)12-3-4-12)16(10-26-11)31-20(33)30-13-7-15(21(22,23)24)19(27-9-13)32-28-5-6-29-32/h5-7,9-10,12,18H,3-4H2,1-2H3,(H2,30,31,33). The largest absolute Gasteiger partial charge is 0.420 e. The van der Waals surface area contributed by atoms with Gasteiger partial charge in [-0.1, -0.05) is 0 Å². The summed E-state index contributed by atoms with van der Waals surface area (Å²) < 4.78 is 46.4. The van der Waals surface area contributed by atoms with E-state index in [2.05, 4.69) is 36.9 Å². The third-order valence-electron chi connectivity index (χ3n) is 5.30. The quantitative estimate of drug-likeness (QED) is 0.554. The van der Waals surface area contributed by atoms with E-state index in [1.807, 2.05) is 0 Å². The number of anilines is 2. The van der Waals surface area contributed by atoms with Crippen LogP contribution >= 0.6 is 0 Å². The molecule has 3 aromatic heterocycles. The van der Waals surface area contributed by atoms with E-state index in [9.17, 15) is 23.2 Å². The van der Waals surface area contributed by atoms with Crippen LogP contribution in [0.25, 0.3) is 5.82 Å². The molecule has 176 valence electrons. The molecule has 13 heteroatoms. The second-order valence-electron chi connectivity index (χ2n) is 7.64. The zero-order valence-corrected chi connectivity index (χ0v) is 18.1. The van der Waals surface area contributed by atoms with E-state index < -0.39 is 29.7 Å². The number of methoxy groups -OCH3 is 1. The first-order valence-corrected chi connectivity index (χ1v) is 10.2. The van der Waals surface area contributed by atoms with E-state index in [-0.39, 0.29) is 22.9 Å². The summed E-state index contributed by atoms with van der Waals surface area (Å²) in [5, 5.41) is 21.9. The third-order valence-corrected chi connectivity index (χ3v) is 5.30. The minimum atomic E-state index is -4.77. The van der Waals surface area contributed by atoms with Gasteiger partial charge in [0.2, 0.25) is 0 Å². The molecule has 2 amide bonds. The SMILES string of the molecule is COC(c1c(NC(=O)Nc2cnc(-n3nccn3)c(C(F)(F)F)c2)cnc(C)c1C#N)C1CC1. The van der Waals surface area contributed by atoms with Crippen LogP contribution in [0.1, 0.15) is 41.3 Å². The third kappa shape index (κ3) is 4.67. The second-order valence-corrected chi connectivity index (χ2v) is 7.64. The van der Waals surface area contributed by atoms with Crippen molar-refractivity contribution in [1.29, 1.82) is 5.26 Å². The number of rotatable bonds is 6. The maximum atomic E-state index is 13.6. The number of halogens is 3. The summed E-state index contributed by atoms with van der Waals surface area (Å²) in [4.78, 5) is 21.3. The number of nitrogens with zero attached hydrogens (tertiary/aromatic N) is 6. The van der Waals surface area contributed by atoms with Gasteiger partial charge in [-0.15, -0.1) is 4.80 Å². The molecule has 3 heterocycles. The Balaban J connectivity index is 1.62. The van der Waals surface area contributed by atoms with Crippen LogP contribution in [-0.4, -0.2) is 38.1 Å². The van der Waals surface area contributed by atoms with E-state index in [1.54, 1.807) is 6.92 Å². The van der Waals surface area contributed by atoms with Gasteiger partial charge in [0.1, 0.15) is 11.6 Å². The number of carbonyl (C=O) groups is 1. The summed E-state index contributed by atoms with van der Waals surface area (Å²) >= 11 is 0. The summed E-state index contributed by atoms with van der Waals surface area (Å²) in [7, 11) is 1.52. The molecule has 0 spiro atoms. The molecule has 4 rings (SSSR count). The van der Waals surface area contributed by atoms with Gasteiger partial charge in [0.05, 0.1) is 53.5 Å². The van der Waals surface area contributed by atoms with Crippen LogP contribution in [0.5, 0.6) is 0 Å². The highest BCUT2D eigenvalue weighted by Crippen LogP contribution is 2.46. The van der Waals surface area contributed by atoms with E-state index in [1.165, 1.54) is 25.7 Å². The Morgan fingerprint density at radius 2 is 1.94 bits per heavy atom. The molecule has 0 bridgehead atoms. The molecule has 2 N–H and O–H groups in total. The Bertz CT molecular complexity index is 1250. The summed E-state index contributed by atoms with van der Waals surface area (Å²) in [6, 6.07) is 2.01. The molecule has 1 saturated carbocycles. The van der Waals surface area contributed by atoms with Crippen molar-refractivity contribution in [2.75, 3.05) is 17.7 Å². The number of urea groups is 1. The Labute approximate surface area is 191 Å². The van der Waals surface area contributed by atoms with Crippen LogP contribution in [0.4, 0.5) is 29.3 Å². The van der Waals surface area contributed by atoms with Crippen molar-refractivity contribution in [3.8, 4) is 11.9 Å².